The van der Waals surface area contributed by atoms with Crippen molar-refractivity contribution in [2.45, 2.75) is 23.1 Å². The molecule has 0 unspecified atom stereocenters. The van der Waals surface area contributed by atoms with E-state index in [1.807, 2.05) is 49.4 Å². The second-order valence-corrected chi connectivity index (χ2v) is 9.75. The van der Waals surface area contributed by atoms with Gasteiger partial charge in [-0.15, -0.1) is 0 Å². The van der Waals surface area contributed by atoms with Crippen LogP contribution < -0.4 is 10.2 Å². The average Bonchev–Trinajstić information content (AvgIpc) is 3.21. The second kappa shape index (κ2) is 9.25. The van der Waals surface area contributed by atoms with E-state index in [9.17, 15) is 9.59 Å². The molecule has 0 spiro atoms. The largest absolute Gasteiger partial charge is 0.456 e. The second-order valence-electron chi connectivity index (χ2n) is 7.64. The summed E-state index contributed by atoms with van der Waals surface area (Å²) in [4.78, 5) is 33.5. The Kier molecular flexibility index (Phi) is 6.02. The molecule has 0 saturated heterocycles. The zero-order valence-corrected chi connectivity index (χ0v) is 19.5. The lowest BCUT2D eigenvalue weighted by Crippen LogP contribution is -2.26. The maximum atomic E-state index is 12.4. The Bertz CT molecular complexity index is 1310. The maximum Gasteiger partial charge on any atom is 0.308 e. The first kappa shape index (κ1) is 21.5. The quantitative estimate of drug-likeness (QED) is 0.357. The molecular weight excluding hydrogens is 454 g/mol. The molecule has 1 aliphatic heterocycles. The number of rotatable bonds is 6. The van der Waals surface area contributed by atoms with E-state index in [1.165, 1.54) is 11.3 Å². The highest BCUT2D eigenvalue weighted by Crippen LogP contribution is 2.47. The van der Waals surface area contributed by atoms with Crippen LogP contribution in [0.2, 0.25) is 0 Å². The molecule has 5 rings (SSSR count). The highest BCUT2D eigenvalue weighted by Gasteiger charge is 2.23. The molecular formula is C25H21N3O3S2. The summed E-state index contributed by atoms with van der Waals surface area (Å²) in [5.41, 5.74) is 4.10. The van der Waals surface area contributed by atoms with Crippen molar-refractivity contribution in [3.05, 3.63) is 72.3 Å². The van der Waals surface area contributed by atoms with Crippen LogP contribution >= 0.6 is 23.1 Å². The molecule has 1 aromatic heterocycles. The smallest absolute Gasteiger partial charge is 0.308 e. The summed E-state index contributed by atoms with van der Waals surface area (Å²) < 4.78 is 6.23. The number of carbonyl (C=O) groups excluding carboxylic acids is 2. The minimum atomic E-state index is -0.418. The fourth-order valence-electron chi connectivity index (χ4n) is 3.68. The van der Waals surface area contributed by atoms with Gasteiger partial charge in [0.05, 0.1) is 28.0 Å². The fraction of sp³-hybridized carbons (Fsp3) is 0.160. The summed E-state index contributed by atoms with van der Waals surface area (Å²) >= 11 is 3.12. The van der Waals surface area contributed by atoms with Crippen molar-refractivity contribution >= 4 is 61.7 Å². The molecule has 33 heavy (non-hydrogen) atoms. The van der Waals surface area contributed by atoms with Gasteiger partial charge in [0.1, 0.15) is 0 Å². The van der Waals surface area contributed by atoms with E-state index in [1.54, 1.807) is 11.8 Å². The number of hydrogen-bond donors (Lipinski definition) is 1. The van der Waals surface area contributed by atoms with E-state index in [0.717, 1.165) is 36.9 Å². The number of esters is 1. The number of fused-ring (bicyclic) bond motifs is 3. The summed E-state index contributed by atoms with van der Waals surface area (Å²) in [5, 5.41) is 3.21. The van der Waals surface area contributed by atoms with Crippen LogP contribution in [0.1, 0.15) is 12.0 Å². The predicted octanol–water partition coefficient (Wildman–Crippen LogP) is 5.78. The molecule has 1 amide bonds. The summed E-state index contributed by atoms with van der Waals surface area (Å²) in [6.07, 6.45) is 0.168. The van der Waals surface area contributed by atoms with Crippen LogP contribution in [0, 0.1) is 6.92 Å². The van der Waals surface area contributed by atoms with Gasteiger partial charge in [0.15, 0.2) is 11.7 Å². The zero-order valence-electron chi connectivity index (χ0n) is 17.9. The number of carbonyl (C=O) groups is 2. The van der Waals surface area contributed by atoms with Gasteiger partial charge in [0.25, 0.3) is 5.91 Å². The number of hydrogen-bond acceptors (Lipinski definition) is 7. The van der Waals surface area contributed by atoms with E-state index in [2.05, 4.69) is 39.5 Å². The first-order valence-corrected chi connectivity index (χ1v) is 12.2. The van der Waals surface area contributed by atoms with Crippen LogP contribution in [0.3, 0.4) is 0 Å². The molecule has 8 heteroatoms. The van der Waals surface area contributed by atoms with Crippen LogP contribution in [-0.4, -0.2) is 30.0 Å². The van der Waals surface area contributed by atoms with Gasteiger partial charge < -0.3 is 9.64 Å². The third kappa shape index (κ3) is 4.72. The molecule has 4 aromatic rings. The van der Waals surface area contributed by atoms with Crippen LogP contribution in [-0.2, 0) is 14.3 Å². The van der Waals surface area contributed by atoms with E-state index in [-0.39, 0.29) is 13.0 Å². The monoisotopic (exact) mass is 475 g/mol. The lowest BCUT2D eigenvalue weighted by Gasteiger charge is -2.32. The summed E-state index contributed by atoms with van der Waals surface area (Å²) in [6, 6.07) is 22.2. The van der Waals surface area contributed by atoms with E-state index >= 15 is 0 Å². The molecule has 1 N–H and O–H groups in total. The first-order chi connectivity index (χ1) is 16.1. The number of amides is 1. The Morgan fingerprint density at radius 1 is 1.00 bits per heavy atom. The zero-order chi connectivity index (χ0) is 22.8. The molecule has 166 valence electrons. The summed E-state index contributed by atoms with van der Waals surface area (Å²) in [5.74, 6) is -0.817. The molecule has 0 fully saturated rings. The first-order valence-electron chi connectivity index (χ1n) is 10.5. The van der Waals surface area contributed by atoms with Crippen LogP contribution in [0.4, 0.5) is 16.5 Å². The maximum absolute atomic E-state index is 12.4. The van der Waals surface area contributed by atoms with Gasteiger partial charge in [0.2, 0.25) is 0 Å². The third-order valence-electron chi connectivity index (χ3n) is 5.23. The minimum Gasteiger partial charge on any atom is -0.456 e. The molecule has 3 aromatic carbocycles. The Morgan fingerprint density at radius 2 is 1.70 bits per heavy atom. The SMILES string of the molecule is Cc1ccc2nc(NC(=O)COC(=O)CCN3c4ccccc4Sc4ccccc43)sc2c1. The van der Waals surface area contributed by atoms with Gasteiger partial charge >= 0.3 is 5.97 Å². The number of aryl methyl sites for hydroxylation is 1. The van der Waals surface area contributed by atoms with Gasteiger partial charge in [0, 0.05) is 16.3 Å². The highest BCUT2D eigenvalue weighted by molar-refractivity contribution is 7.99. The molecule has 2 heterocycles. The van der Waals surface area contributed by atoms with Gasteiger partial charge in [-0.2, -0.15) is 0 Å². The van der Waals surface area contributed by atoms with Crippen LogP contribution in [0.5, 0.6) is 0 Å². The lowest BCUT2D eigenvalue weighted by atomic mass is 10.2. The van der Waals surface area contributed by atoms with E-state index in [4.69, 9.17) is 4.74 Å². The number of para-hydroxylation sites is 2. The normalized spacial score (nSPS) is 12.2. The lowest BCUT2D eigenvalue weighted by molar-refractivity contribution is -0.147. The van der Waals surface area contributed by atoms with Crippen LogP contribution in [0.25, 0.3) is 10.2 Å². The summed E-state index contributed by atoms with van der Waals surface area (Å²) in [6.45, 7) is 2.14. The number of ether oxygens (including phenoxy) is 1. The Morgan fingerprint density at radius 3 is 2.42 bits per heavy atom. The molecule has 0 saturated carbocycles. The van der Waals surface area contributed by atoms with Crippen molar-refractivity contribution < 1.29 is 14.3 Å². The number of anilines is 3. The number of benzene rings is 3. The van der Waals surface area contributed by atoms with Crippen molar-refractivity contribution in [1.29, 1.82) is 0 Å². The standard InChI is InChI=1S/C25H21N3O3S2/c1-16-10-11-17-22(14-16)33-25(26-17)27-23(29)15-31-24(30)12-13-28-18-6-2-4-8-20(18)32-21-9-5-3-7-19(21)28/h2-11,14H,12-13,15H2,1H3,(H,26,27,29). The Balaban J connectivity index is 1.18. The van der Waals surface area contributed by atoms with Gasteiger partial charge in [-0.05, 0) is 48.9 Å². The fourth-order valence-corrected chi connectivity index (χ4v) is 5.76. The van der Waals surface area contributed by atoms with Gasteiger partial charge in [-0.25, -0.2) is 4.98 Å². The highest BCUT2D eigenvalue weighted by atomic mass is 32.2. The molecule has 0 bridgehead atoms. The predicted molar refractivity (Wildman–Crippen MR) is 133 cm³/mol. The molecule has 0 aliphatic carbocycles. The van der Waals surface area contributed by atoms with Crippen molar-refractivity contribution in [2.24, 2.45) is 0 Å². The topological polar surface area (TPSA) is 71.5 Å². The molecule has 6 nitrogen and oxygen atoms in total. The Labute approximate surface area is 199 Å². The third-order valence-corrected chi connectivity index (χ3v) is 7.29. The average molecular weight is 476 g/mol. The number of nitrogens with one attached hydrogen (secondary N) is 1. The number of nitrogens with zero attached hydrogens (tertiary/aromatic N) is 2. The van der Waals surface area contributed by atoms with Gasteiger partial charge in [-0.3, -0.25) is 14.9 Å². The van der Waals surface area contributed by atoms with E-state index < -0.39 is 11.9 Å². The number of thiazole rings is 1. The molecule has 1 aliphatic rings. The molecule has 0 atom stereocenters. The van der Waals surface area contributed by atoms with Gasteiger partial charge in [-0.1, -0.05) is 53.4 Å². The van der Waals surface area contributed by atoms with Crippen molar-refractivity contribution in [2.75, 3.05) is 23.4 Å². The van der Waals surface area contributed by atoms with Crippen molar-refractivity contribution in [1.82, 2.24) is 4.98 Å². The van der Waals surface area contributed by atoms with E-state index in [0.29, 0.717) is 11.7 Å². The van der Waals surface area contributed by atoms with Crippen molar-refractivity contribution in [3.8, 4) is 0 Å². The minimum absolute atomic E-state index is 0.168. The van der Waals surface area contributed by atoms with Crippen LogP contribution in [0.15, 0.2) is 76.5 Å². The van der Waals surface area contributed by atoms with Crippen molar-refractivity contribution in [3.63, 3.8) is 0 Å². The summed E-state index contributed by atoms with van der Waals surface area (Å²) in [7, 11) is 0. The number of aromatic nitrogens is 1. The molecule has 0 radical (unpaired) electrons. The Hall–Kier alpha value is -3.36.